The highest BCUT2D eigenvalue weighted by atomic mass is 35.5. The predicted molar refractivity (Wildman–Crippen MR) is 127 cm³/mol. The van der Waals surface area contributed by atoms with Crippen molar-refractivity contribution in [2.24, 2.45) is 0 Å². The van der Waals surface area contributed by atoms with Crippen LogP contribution in [0.15, 0.2) is 41.7 Å². The number of nitrogens with zero attached hydrogens (tertiary/aromatic N) is 3. The molecule has 0 spiro atoms. The fourth-order valence-corrected chi connectivity index (χ4v) is 5.28. The Kier molecular flexibility index (Phi) is 6.31. The summed E-state index contributed by atoms with van der Waals surface area (Å²) >= 11 is 6.16. The summed E-state index contributed by atoms with van der Waals surface area (Å²) in [4.78, 5) is 17.1. The number of hydrogen-bond donors (Lipinski definition) is 3. The van der Waals surface area contributed by atoms with E-state index >= 15 is 0 Å². The van der Waals surface area contributed by atoms with Gasteiger partial charge in [0.2, 0.25) is 5.88 Å². The van der Waals surface area contributed by atoms with E-state index in [-0.39, 0.29) is 16.1 Å². The van der Waals surface area contributed by atoms with Gasteiger partial charge < -0.3 is 10.1 Å². The monoisotopic (exact) mass is 488 g/mol. The summed E-state index contributed by atoms with van der Waals surface area (Å²) in [5.74, 6) is 0.452. The van der Waals surface area contributed by atoms with Crippen LogP contribution in [0.1, 0.15) is 37.4 Å². The van der Waals surface area contributed by atoms with E-state index in [1.165, 1.54) is 18.0 Å². The topological polar surface area (TPSA) is 122 Å². The highest BCUT2D eigenvalue weighted by Crippen LogP contribution is 2.38. The van der Waals surface area contributed by atoms with Gasteiger partial charge in [-0.3, -0.25) is 4.68 Å². The molecule has 1 atom stereocenters. The molecule has 0 radical (unpaired) electrons. The number of pyridine rings is 1. The molecule has 3 N–H and O–H groups in total. The van der Waals surface area contributed by atoms with Gasteiger partial charge >= 0.3 is 6.03 Å². The highest BCUT2D eigenvalue weighted by molar-refractivity contribution is 7.91. The number of urea groups is 1. The largest absolute Gasteiger partial charge is 0.481 e. The summed E-state index contributed by atoms with van der Waals surface area (Å²) < 4.78 is 30.3. The molecule has 0 saturated carbocycles. The number of carbonyl (C=O) groups is 1. The minimum Gasteiger partial charge on any atom is -0.481 e. The first-order valence-electron chi connectivity index (χ1n) is 10.5. The van der Waals surface area contributed by atoms with Gasteiger partial charge in [-0.25, -0.2) is 23.5 Å². The number of halogens is 1. The fraction of sp³-hybridized carbons (Fsp3) is 0.318. The number of amides is 2. The molecule has 2 aromatic heterocycles. The molecular formula is C22H25ClN6O3S. The van der Waals surface area contributed by atoms with Crippen molar-refractivity contribution in [3.8, 4) is 17.0 Å². The van der Waals surface area contributed by atoms with Crippen molar-refractivity contribution in [3.63, 3.8) is 0 Å². The molecule has 4 rings (SSSR count). The van der Waals surface area contributed by atoms with Crippen LogP contribution in [0, 0.1) is 4.78 Å². The lowest BCUT2D eigenvalue weighted by molar-refractivity contribution is 0.256. The molecule has 9 nitrogen and oxygen atoms in total. The molecule has 1 aliphatic carbocycles. The third kappa shape index (κ3) is 4.67. The zero-order valence-electron chi connectivity index (χ0n) is 18.5. The van der Waals surface area contributed by atoms with Gasteiger partial charge in [-0.05, 0) is 55.9 Å². The third-order valence-corrected chi connectivity index (χ3v) is 7.18. The summed E-state index contributed by atoms with van der Waals surface area (Å²) in [5.41, 5.74) is 4.39. The highest BCUT2D eigenvalue weighted by Gasteiger charge is 2.25. The van der Waals surface area contributed by atoms with Gasteiger partial charge in [-0.15, -0.1) is 0 Å². The van der Waals surface area contributed by atoms with E-state index in [0.29, 0.717) is 11.6 Å². The number of hydrogen-bond acceptors (Lipinski definition) is 6. The number of aryl methyl sites for hydroxylation is 1. The molecule has 11 heteroatoms. The van der Waals surface area contributed by atoms with Crippen molar-refractivity contribution in [1.29, 1.82) is 4.78 Å². The Morgan fingerprint density at radius 1 is 1.30 bits per heavy atom. The summed E-state index contributed by atoms with van der Waals surface area (Å²) in [6.45, 7) is 3.76. The van der Waals surface area contributed by atoms with E-state index in [1.807, 2.05) is 26.0 Å². The number of anilines is 1. The SMILES string of the molecule is COc1cc(-c2ccc3c(c2NC(=O)NS(=N)(=O)c2nn(C(C)C)cc2Cl)CCC3)ccn1. The smallest absolute Gasteiger partial charge is 0.332 e. The predicted octanol–water partition coefficient (Wildman–Crippen LogP) is 4.82. The molecule has 0 saturated heterocycles. The van der Waals surface area contributed by atoms with Crippen molar-refractivity contribution >= 4 is 33.2 Å². The average Bonchev–Trinajstić information content (AvgIpc) is 3.41. The lowest BCUT2D eigenvalue weighted by Gasteiger charge is -2.17. The average molecular weight is 489 g/mol. The summed E-state index contributed by atoms with van der Waals surface area (Å²) in [7, 11) is -2.24. The Morgan fingerprint density at radius 2 is 2.09 bits per heavy atom. The lowest BCUT2D eigenvalue weighted by Crippen LogP contribution is -2.34. The van der Waals surface area contributed by atoms with Crippen molar-refractivity contribution in [2.75, 3.05) is 12.4 Å². The molecule has 174 valence electrons. The standard InChI is InChI=1S/C22H25ClN6O3S/c1-13(2)29-12-18(23)21(27-29)33(24,31)28-22(30)26-20-16-6-4-5-14(16)7-8-17(20)15-9-10-25-19(11-15)32-3/h7-13H,4-6H2,1-3H3,(H3,24,26,28,30,31). The van der Waals surface area contributed by atoms with E-state index in [9.17, 15) is 9.00 Å². The number of benzene rings is 1. The Bertz CT molecular complexity index is 1320. The van der Waals surface area contributed by atoms with Crippen LogP contribution in [-0.2, 0) is 22.8 Å². The van der Waals surface area contributed by atoms with Crippen LogP contribution >= 0.6 is 11.6 Å². The number of rotatable bonds is 6. The van der Waals surface area contributed by atoms with Crippen LogP contribution < -0.4 is 14.8 Å². The lowest BCUT2D eigenvalue weighted by atomic mass is 9.98. The first-order chi connectivity index (χ1) is 15.7. The van der Waals surface area contributed by atoms with Crippen molar-refractivity contribution < 1.29 is 13.7 Å². The number of aromatic nitrogens is 3. The molecule has 2 amide bonds. The molecule has 1 aliphatic rings. The molecule has 0 fully saturated rings. The summed E-state index contributed by atoms with van der Waals surface area (Å²) in [5, 5.41) is 6.86. The molecule has 1 unspecified atom stereocenters. The maximum Gasteiger partial charge on any atom is 0.332 e. The Labute approximate surface area is 197 Å². The maximum absolute atomic E-state index is 13.0. The van der Waals surface area contributed by atoms with Gasteiger partial charge in [0, 0.05) is 30.1 Å². The third-order valence-electron chi connectivity index (χ3n) is 5.47. The van der Waals surface area contributed by atoms with Gasteiger partial charge in [0.1, 0.15) is 0 Å². The second-order valence-electron chi connectivity index (χ2n) is 8.03. The second kappa shape index (κ2) is 9.03. The molecule has 1 aromatic carbocycles. The van der Waals surface area contributed by atoms with E-state index in [1.54, 1.807) is 12.3 Å². The minimum atomic E-state index is -3.78. The van der Waals surface area contributed by atoms with Crippen molar-refractivity contribution in [1.82, 2.24) is 19.5 Å². The van der Waals surface area contributed by atoms with Crippen LogP contribution in [-0.4, -0.2) is 32.1 Å². The molecule has 0 aliphatic heterocycles. The van der Waals surface area contributed by atoms with Crippen LogP contribution in [0.25, 0.3) is 11.1 Å². The molecule has 33 heavy (non-hydrogen) atoms. The number of nitrogens with one attached hydrogen (secondary N) is 3. The first kappa shape index (κ1) is 23.1. The molecule has 2 heterocycles. The molecular weight excluding hydrogens is 464 g/mol. The molecule has 0 bridgehead atoms. The maximum atomic E-state index is 13.0. The van der Waals surface area contributed by atoms with Crippen LogP contribution in [0.5, 0.6) is 5.88 Å². The van der Waals surface area contributed by atoms with Crippen LogP contribution in [0.3, 0.4) is 0 Å². The van der Waals surface area contributed by atoms with Crippen molar-refractivity contribution in [3.05, 3.63) is 52.8 Å². The van der Waals surface area contributed by atoms with E-state index in [2.05, 4.69) is 26.2 Å². The first-order valence-corrected chi connectivity index (χ1v) is 12.4. The van der Waals surface area contributed by atoms with Gasteiger partial charge in [0.15, 0.2) is 14.9 Å². The van der Waals surface area contributed by atoms with Gasteiger partial charge in [-0.1, -0.05) is 23.7 Å². The Morgan fingerprint density at radius 3 is 2.79 bits per heavy atom. The minimum absolute atomic E-state index is 0.0351. The quantitative estimate of drug-likeness (QED) is 0.459. The second-order valence-corrected chi connectivity index (χ2v) is 10.1. The summed E-state index contributed by atoms with van der Waals surface area (Å²) in [6.07, 6.45) is 5.83. The van der Waals surface area contributed by atoms with Crippen LogP contribution in [0.4, 0.5) is 10.5 Å². The number of fused-ring (bicyclic) bond motifs is 1. The van der Waals surface area contributed by atoms with E-state index in [0.717, 1.165) is 41.5 Å². The van der Waals surface area contributed by atoms with Gasteiger partial charge in [0.25, 0.3) is 0 Å². The van der Waals surface area contributed by atoms with Gasteiger partial charge in [-0.2, -0.15) is 5.10 Å². The normalized spacial score (nSPS) is 14.6. The van der Waals surface area contributed by atoms with Crippen LogP contribution in [0.2, 0.25) is 5.02 Å². The number of carbonyl (C=O) groups excluding carboxylic acids is 1. The fourth-order valence-electron chi connectivity index (χ4n) is 3.87. The van der Waals surface area contributed by atoms with E-state index < -0.39 is 15.9 Å². The number of ether oxygens (including phenoxy) is 1. The van der Waals surface area contributed by atoms with Crippen molar-refractivity contribution in [2.45, 2.75) is 44.2 Å². The van der Waals surface area contributed by atoms with E-state index in [4.69, 9.17) is 21.1 Å². The zero-order valence-corrected chi connectivity index (χ0v) is 20.1. The zero-order chi connectivity index (χ0) is 23.8. The Balaban J connectivity index is 1.66. The van der Waals surface area contributed by atoms with Gasteiger partial charge in [0.05, 0.1) is 17.8 Å². The number of methoxy groups -OCH3 is 1. The molecule has 3 aromatic rings. The Hall–Kier alpha value is -3.11. The summed E-state index contributed by atoms with van der Waals surface area (Å²) in [6, 6.07) is 6.80.